The van der Waals surface area contributed by atoms with Crippen molar-refractivity contribution in [3.8, 4) is 0 Å². The Morgan fingerprint density at radius 2 is 2.05 bits per heavy atom. The number of aryl methyl sites for hydroxylation is 1. The van der Waals surface area contributed by atoms with Crippen LogP contribution in [-0.4, -0.2) is 11.9 Å². The molecular formula is C17H26N2O. The summed E-state index contributed by atoms with van der Waals surface area (Å²) in [4.78, 5) is 11.1. The third kappa shape index (κ3) is 3.83. The molecule has 0 saturated heterocycles. The molecule has 3 nitrogen and oxygen atoms in total. The lowest BCUT2D eigenvalue weighted by Gasteiger charge is -2.28. The molecule has 1 saturated carbocycles. The Labute approximate surface area is 121 Å². The Hall–Kier alpha value is -1.35. The first-order valence-electron chi connectivity index (χ1n) is 7.70. The zero-order chi connectivity index (χ0) is 14.5. The van der Waals surface area contributed by atoms with Crippen LogP contribution in [0.25, 0.3) is 0 Å². The van der Waals surface area contributed by atoms with E-state index >= 15 is 0 Å². The molecule has 1 aliphatic carbocycles. The number of carbonyl (C=O) groups excluding carboxylic acids is 1. The molecule has 0 aromatic heterocycles. The average molecular weight is 274 g/mol. The summed E-state index contributed by atoms with van der Waals surface area (Å²) in [6.45, 7) is 5.19. The van der Waals surface area contributed by atoms with Gasteiger partial charge in [-0.3, -0.25) is 4.79 Å². The molecule has 1 aromatic carbocycles. The Morgan fingerprint density at radius 1 is 1.35 bits per heavy atom. The van der Waals surface area contributed by atoms with Crippen molar-refractivity contribution in [3.05, 3.63) is 34.9 Å². The van der Waals surface area contributed by atoms with Gasteiger partial charge in [0.25, 0.3) is 0 Å². The van der Waals surface area contributed by atoms with Crippen LogP contribution in [0.4, 0.5) is 0 Å². The number of rotatable bonds is 5. The van der Waals surface area contributed by atoms with Gasteiger partial charge in [0.15, 0.2) is 0 Å². The van der Waals surface area contributed by atoms with E-state index < -0.39 is 0 Å². The molecule has 2 rings (SSSR count). The lowest BCUT2D eigenvalue weighted by Crippen LogP contribution is -2.34. The zero-order valence-electron chi connectivity index (χ0n) is 12.6. The number of amides is 1. The van der Waals surface area contributed by atoms with Crippen molar-refractivity contribution in [2.75, 3.05) is 0 Å². The van der Waals surface area contributed by atoms with Crippen molar-refractivity contribution in [1.29, 1.82) is 0 Å². The van der Waals surface area contributed by atoms with Crippen molar-refractivity contribution in [1.82, 2.24) is 5.32 Å². The number of hydrogen-bond donors (Lipinski definition) is 2. The van der Waals surface area contributed by atoms with Gasteiger partial charge < -0.3 is 11.1 Å². The van der Waals surface area contributed by atoms with Crippen LogP contribution in [0.2, 0.25) is 0 Å². The van der Waals surface area contributed by atoms with Crippen LogP contribution in [-0.2, 0) is 6.54 Å². The third-order valence-electron chi connectivity index (χ3n) is 4.60. The van der Waals surface area contributed by atoms with E-state index in [0.29, 0.717) is 11.6 Å². The second-order valence-corrected chi connectivity index (χ2v) is 6.07. The molecule has 0 heterocycles. The van der Waals surface area contributed by atoms with Crippen LogP contribution in [0.3, 0.4) is 0 Å². The maximum Gasteiger partial charge on any atom is 0.248 e. The van der Waals surface area contributed by atoms with E-state index in [2.05, 4.69) is 12.2 Å². The Balaban J connectivity index is 1.91. The molecule has 1 aromatic rings. The van der Waals surface area contributed by atoms with E-state index in [4.69, 9.17) is 5.73 Å². The predicted molar refractivity (Wildman–Crippen MR) is 82.6 cm³/mol. The maximum absolute atomic E-state index is 11.1. The van der Waals surface area contributed by atoms with Gasteiger partial charge in [-0.2, -0.15) is 0 Å². The summed E-state index contributed by atoms with van der Waals surface area (Å²) in [5.41, 5.74) is 8.26. The van der Waals surface area contributed by atoms with Crippen molar-refractivity contribution in [3.63, 3.8) is 0 Å². The van der Waals surface area contributed by atoms with Crippen LogP contribution in [0.5, 0.6) is 0 Å². The lowest BCUT2D eigenvalue weighted by molar-refractivity contribution is 0.1000. The number of nitrogens with one attached hydrogen (secondary N) is 1. The highest BCUT2D eigenvalue weighted by atomic mass is 16.1. The normalized spacial score (nSPS) is 17.9. The fourth-order valence-corrected chi connectivity index (χ4v) is 3.12. The van der Waals surface area contributed by atoms with Gasteiger partial charge in [-0.25, -0.2) is 0 Å². The van der Waals surface area contributed by atoms with Crippen molar-refractivity contribution >= 4 is 5.91 Å². The van der Waals surface area contributed by atoms with Gasteiger partial charge in [0, 0.05) is 18.2 Å². The molecule has 3 heteroatoms. The Kier molecular flexibility index (Phi) is 5.18. The van der Waals surface area contributed by atoms with Gasteiger partial charge in [-0.1, -0.05) is 25.3 Å². The number of hydrogen-bond acceptors (Lipinski definition) is 2. The average Bonchev–Trinajstić information content (AvgIpc) is 2.46. The summed E-state index contributed by atoms with van der Waals surface area (Å²) in [5, 5.41) is 3.64. The predicted octanol–water partition coefficient (Wildman–Crippen LogP) is 3.15. The molecule has 1 fully saturated rings. The highest BCUT2D eigenvalue weighted by Gasteiger charge is 2.19. The molecule has 0 unspecified atom stereocenters. The lowest BCUT2D eigenvalue weighted by atomic mass is 9.84. The third-order valence-corrected chi connectivity index (χ3v) is 4.60. The molecule has 1 amide bonds. The van der Waals surface area contributed by atoms with E-state index in [1.54, 1.807) is 0 Å². The molecular weight excluding hydrogens is 248 g/mol. The van der Waals surface area contributed by atoms with Crippen LogP contribution in [0.15, 0.2) is 18.2 Å². The highest BCUT2D eigenvalue weighted by molar-refractivity contribution is 5.93. The summed E-state index contributed by atoms with van der Waals surface area (Å²) < 4.78 is 0. The summed E-state index contributed by atoms with van der Waals surface area (Å²) in [6, 6.07) is 6.27. The summed E-state index contributed by atoms with van der Waals surface area (Å²) in [5.74, 6) is 0.456. The minimum absolute atomic E-state index is 0.358. The minimum atomic E-state index is -0.358. The second kappa shape index (κ2) is 6.89. The van der Waals surface area contributed by atoms with E-state index in [-0.39, 0.29) is 5.91 Å². The molecule has 110 valence electrons. The first-order chi connectivity index (χ1) is 9.58. The molecule has 0 aliphatic heterocycles. The summed E-state index contributed by atoms with van der Waals surface area (Å²) >= 11 is 0. The van der Waals surface area contributed by atoms with E-state index in [1.807, 2.05) is 25.1 Å². The minimum Gasteiger partial charge on any atom is -0.366 e. The Morgan fingerprint density at radius 3 is 2.65 bits per heavy atom. The van der Waals surface area contributed by atoms with Gasteiger partial charge in [-0.05, 0) is 55.9 Å². The van der Waals surface area contributed by atoms with Gasteiger partial charge in [0.05, 0.1) is 0 Å². The first kappa shape index (κ1) is 15.0. The van der Waals surface area contributed by atoms with Gasteiger partial charge in [0.2, 0.25) is 5.91 Å². The number of nitrogens with two attached hydrogens (primary N) is 1. The number of carbonyl (C=O) groups is 1. The van der Waals surface area contributed by atoms with Crippen molar-refractivity contribution < 1.29 is 4.79 Å². The van der Waals surface area contributed by atoms with Crippen LogP contribution < -0.4 is 11.1 Å². The van der Waals surface area contributed by atoms with E-state index in [1.165, 1.54) is 37.7 Å². The van der Waals surface area contributed by atoms with Crippen LogP contribution in [0.1, 0.15) is 60.5 Å². The quantitative estimate of drug-likeness (QED) is 0.866. The topological polar surface area (TPSA) is 55.1 Å². The molecule has 3 N–H and O–H groups in total. The van der Waals surface area contributed by atoms with E-state index in [9.17, 15) is 4.79 Å². The monoisotopic (exact) mass is 274 g/mol. The molecule has 0 radical (unpaired) electrons. The molecule has 1 atom stereocenters. The van der Waals surface area contributed by atoms with Crippen molar-refractivity contribution in [2.24, 2.45) is 11.7 Å². The first-order valence-corrected chi connectivity index (χ1v) is 7.70. The molecule has 0 spiro atoms. The fourth-order valence-electron chi connectivity index (χ4n) is 3.12. The molecule has 1 aliphatic rings. The summed E-state index contributed by atoms with van der Waals surface area (Å²) in [7, 11) is 0. The summed E-state index contributed by atoms with van der Waals surface area (Å²) in [6.07, 6.45) is 6.87. The van der Waals surface area contributed by atoms with Gasteiger partial charge in [0.1, 0.15) is 0 Å². The van der Waals surface area contributed by atoms with Gasteiger partial charge in [-0.15, -0.1) is 0 Å². The fraction of sp³-hybridized carbons (Fsp3) is 0.588. The number of primary amides is 1. The second-order valence-electron chi connectivity index (χ2n) is 6.07. The zero-order valence-corrected chi connectivity index (χ0v) is 12.6. The van der Waals surface area contributed by atoms with Crippen LogP contribution in [0, 0.1) is 12.8 Å². The maximum atomic E-state index is 11.1. The van der Waals surface area contributed by atoms with E-state index in [0.717, 1.165) is 18.0 Å². The smallest absolute Gasteiger partial charge is 0.248 e. The standard InChI is InChI=1S/C17H26N2O/c1-12-10-15(17(18)20)8-9-16(12)11-19-13(2)14-6-4-3-5-7-14/h8-10,13-14,19H,3-7,11H2,1-2H3,(H2,18,20)/t13-/m1/s1. The highest BCUT2D eigenvalue weighted by Crippen LogP contribution is 2.26. The van der Waals surface area contributed by atoms with Crippen molar-refractivity contribution in [2.45, 2.75) is 58.5 Å². The number of benzene rings is 1. The molecule has 0 bridgehead atoms. The Bertz CT molecular complexity index is 464. The molecule has 20 heavy (non-hydrogen) atoms. The van der Waals surface area contributed by atoms with Crippen LogP contribution >= 0.6 is 0 Å². The SMILES string of the molecule is Cc1cc(C(N)=O)ccc1CN[C@H](C)C1CCCCC1. The largest absolute Gasteiger partial charge is 0.366 e. The van der Waals surface area contributed by atoms with Gasteiger partial charge >= 0.3 is 0 Å².